The lowest BCUT2D eigenvalue weighted by atomic mass is 9.81. The number of carbonyl (C=O) groups is 4. The third-order valence-corrected chi connectivity index (χ3v) is 4.97. The largest absolute Gasteiger partial charge is 0.481 e. The minimum Gasteiger partial charge on any atom is -0.481 e. The highest BCUT2D eigenvalue weighted by molar-refractivity contribution is 8.00. The zero-order chi connectivity index (χ0) is 16.1. The average molecular weight is 328 g/mol. The van der Waals surface area contributed by atoms with Crippen molar-refractivity contribution in [3.63, 3.8) is 0 Å². The minimum absolute atomic E-state index is 0.0550. The Bertz CT molecular complexity index is 458. The monoisotopic (exact) mass is 328 g/mol. The number of thioether (sulfide) groups is 1. The van der Waals surface area contributed by atoms with Crippen LogP contribution in [0.5, 0.6) is 0 Å². The van der Waals surface area contributed by atoms with Crippen molar-refractivity contribution in [1.82, 2.24) is 10.2 Å². The summed E-state index contributed by atoms with van der Waals surface area (Å²) in [5.41, 5.74) is 0. The van der Waals surface area contributed by atoms with E-state index in [9.17, 15) is 19.2 Å². The Morgan fingerprint density at radius 2 is 1.73 bits per heavy atom. The van der Waals surface area contributed by atoms with E-state index in [1.165, 1.54) is 4.90 Å². The molecule has 0 aromatic carbocycles. The van der Waals surface area contributed by atoms with Crippen LogP contribution in [-0.4, -0.2) is 58.3 Å². The molecule has 2 fully saturated rings. The number of imide groups is 1. The lowest BCUT2D eigenvalue weighted by Gasteiger charge is -2.19. The Morgan fingerprint density at radius 1 is 1.14 bits per heavy atom. The van der Waals surface area contributed by atoms with Crippen molar-refractivity contribution in [1.29, 1.82) is 0 Å². The summed E-state index contributed by atoms with van der Waals surface area (Å²) in [6, 6.07) is 0. The number of nitrogens with zero attached hydrogens (tertiary/aromatic N) is 1. The van der Waals surface area contributed by atoms with E-state index in [1.54, 1.807) is 0 Å². The number of carbonyl (C=O) groups excluding carboxylic acids is 3. The summed E-state index contributed by atoms with van der Waals surface area (Å²) in [6.07, 6.45) is 3.55. The molecule has 2 atom stereocenters. The fourth-order valence-corrected chi connectivity index (χ4v) is 3.60. The highest BCUT2D eigenvalue weighted by Crippen LogP contribution is 2.37. The van der Waals surface area contributed by atoms with Gasteiger partial charge in [-0.05, 0) is 12.8 Å². The maximum atomic E-state index is 12.2. The first kappa shape index (κ1) is 16.8. The highest BCUT2D eigenvalue weighted by Gasteiger charge is 2.47. The molecule has 1 saturated heterocycles. The molecule has 122 valence electrons. The van der Waals surface area contributed by atoms with Crippen LogP contribution in [0.3, 0.4) is 0 Å². The molecule has 22 heavy (non-hydrogen) atoms. The van der Waals surface area contributed by atoms with Gasteiger partial charge in [0.05, 0.1) is 23.3 Å². The number of nitrogens with one attached hydrogen (secondary N) is 1. The Kier molecular flexibility index (Phi) is 5.82. The number of carboxylic acid groups (broad SMARTS) is 1. The number of rotatable bonds is 7. The van der Waals surface area contributed by atoms with E-state index in [2.05, 4.69) is 5.32 Å². The maximum Gasteiger partial charge on any atom is 0.313 e. The molecule has 1 heterocycles. The van der Waals surface area contributed by atoms with Crippen LogP contribution < -0.4 is 5.32 Å². The molecule has 1 aliphatic heterocycles. The van der Waals surface area contributed by atoms with Gasteiger partial charge in [-0.15, -0.1) is 11.8 Å². The van der Waals surface area contributed by atoms with Crippen molar-refractivity contribution in [2.75, 3.05) is 24.6 Å². The third kappa shape index (κ3) is 4.00. The molecule has 0 radical (unpaired) electrons. The van der Waals surface area contributed by atoms with Gasteiger partial charge in [-0.3, -0.25) is 24.1 Å². The normalized spacial score (nSPS) is 24.3. The number of hydrogen-bond donors (Lipinski definition) is 2. The molecular weight excluding hydrogens is 308 g/mol. The van der Waals surface area contributed by atoms with Crippen molar-refractivity contribution in [3.05, 3.63) is 0 Å². The fraction of sp³-hybridized carbons (Fsp3) is 0.714. The van der Waals surface area contributed by atoms with E-state index in [4.69, 9.17) is 5.11 Å². The number of carboxylic acids is 1. The molecule has 1 saturated carbocycles. The molecule has 1 aliphatic carbocycles. The van der Waals surface area contributed by atoms with Gasteiger partial charge in [0.25, 0.3) is 0 Å². The smallest absolute Gasteiger partial charge is 0.313 e. The molecule has 0 spiro atoms. The molecule has 0 aromatic heterocycles. The number of likely N-dealkylation sites (tertiary alicyclic amines) is 1. The predicted octanol–water partition coefficient (Wildman–Crippen LogP) is 0.0956. The zero-order valence-corrected chi connectivity index (χ0v) is 13.1. The Morgan fingerprint density at radius 3 is 2.27 bits per heavy atom. The molecule has 0 aromatic rings. The number of amides is 3. The average Bonchev–Trinajstić information content (AvgIpc) is 2.72. The second-order valence-electron chi connectivity index (χ2n) is 5.56. The van der Waals surface area contributed by atoms with Crippen LogP contribution in [0.4, 0.5) is 0 Å². The van der Waals surface area contributed by atoms with Gasteiger partial charge >= 0.3 is 5.97 Å². The molecule has 0 unspecified atom stereocenters. The number of hydrogen-bond acceptors (Lipinski definition) is 5. The minimum atomic E-state index is -0.964. The van der Waals surface area contributed by atoms with Gasteiger partial charge in [-0.1, -0.05) is 12.8 Å². The molecule has 8 heteroatoms. The summed E-state index contributed by atoms with van der Waals surface area (Å²) in [4.78, 5) is 47.5. The summed E-state index contributed by atoms with van der Waals surface area (Å²) < 4.78 is 0. The van der Waals surface area contributed by atoms with E-state index in [-0.39, 0.29) is 54.2 Å². The summed E-state index contributed by atoms with van der Waals surface area (Å²) in [5, 5.41) is 11.1. The van der Waals surface area contributed by atoms with Crippen molar-refractivity contribution in [2.45, 2.75) is 25.7 Å². The lowest BCUT2D eigenvalue weighted by Crippen LogP contribution is -2.39. The van der Waals surface area contributed by atoms with Gasteiger partial charge in [0.15, 0.2) is 0 Å². The Hall–Kier alpha value is -1.57. The van der Waals surface area contributed by atoms with Gasteiger partial charge in [-0.2, -0.15) is 0 Å². The standard InChI is InChI=1S/C14H20N2O5S/c17-11(7-22-8-12(18)19)15-5-6-16-13(20)9-3-1-2-4-10(9)14(16)21/h9-10H,1-8H2,(H,15,17)(H,18,19)/t9-,10+. The van der Waals surface area contributed by atoms with Crippen LogP contribution in [0.1, 0.15) is 25.7 Å². The summed E-state index contributed by atoms with van der Waals surface area (Å²) in [7, 11) is 0. The van der Waals surface area contributed by atoms with Gasteiger partial charge in [0.2, 0.25) is 17.7 Å². The van der Waals surface area contributed by atoms with Gasteiger partial charge in [-0.25, -0.2) is 0 Å². The molecule has 3 amide bonds. The summed E-state index contributed by atoms with van der Waals surface area (Å²) >= 11 is 1.01. The number of fused-ring (bicyclic) bond motifs is 1. The van der Waals surface area contributed by atoms with Gasteiger partial charge in [0.1, 0.15) is 0 Å². The first-order valence-corrected chi connectivity index (χ1v) is 8.57. The first-order valence-electron chi connectivity index (χ1n) is 7.42. The van der Waals surface area contributed by atoms with Crippen LogP contribution in [0.25, 0.3) is 0 Å². The highest BCUT2D eigenvalue weighted by atomic mass is 32.2. The van der Waals surface area contributed by atoms with Crippen molar-refractivity contribution < 1.29 is 24.3 Å². The third-order valence-electron chi connectivity index (χ3n) is 4.05. The fourth-order valence-electron chi connectivity index (χ4n) is 3.04. The molecular formula is C14H20N2O5S. The summed E-state index contributed by atoms with van der Waals surface area (Å²) in [5.74, 6) is -1.87. The molecule has 0 bridgehead atoms. The van der Waals surface area contributed by atoms with Crippen LogP contribution in [0.2, 0.25) is 0 Å². The lowest BCUT2D eigenvalue weighted by molar-refractivity contribution is -0.140. The second kappa shape index (κ2) is 7.62. The topological polar surface area (TPSA) is 104 Å². The van der Waals surface area contributed by atoms with Crippen molar-refractivity contribution in [3.8, 4) is 0 Å². The van der Waals surface area contributed by atoms with E-state index in [0.29, 0.717) is 0 Å². The first-order chi connectivity index (χ1) is 10.5. The van der Waals surface area contributed by atoms with Crippen molar-refractivity contribution in [2.24, 2.45) is 11.8 Å². The zero-order valence-electron chi connectivity index (χ0n) is 12.2. The summed E-state index contributed by atoms with van der Waals surface area (Å²) in [6.45, 7) is 0.406. The van der Waals surface area contributed by atoms with Gasteiger partial charge < -0.3 is 10.4 Å². The molecule has 7 nitrogen and oxygen atoms in total. The van der Waals surface area contributed by atoms with Crippen LogP contribution in [0, 0.1) is 11.8 Å². The second-order valence-corrected chi connectivity index (χ2v) is 6.55. The molecule has 2 aliphatic rings. The van der Waals surface area contributed by atoms with Crippen LogP contribution in [-0.2, 0) is 19.2 Å². The quantitative estimate of drug-likeness (QED) is 0.642. The van der Waals surface area contributed by atoms with Gasteiger partial charge in [0, 0.05) is 13.1 Å². The molecule has 2 N–H and O–H groups in total. The SMILES string of the molecule is O=C(O)CSCC(=O)NCCN1C(=O)[C@H]2CCCC[C@H]2C1=O. The van der Waals surface area contributed by atoms with E-state index < -0.39 is 5.97 Å². The Labute approximate surface area is 132 Å². The van der Waals surface area contributed by atoms with Crippen molar-refractivity contribution >= 4 is 35.5 Å². The Balaban J connectivity index is 1.72. The van der Waals surface area contributed by atoms with Crippen LogP contribution >= 0.6 is 11.8 Å². The number of aliphatic carboxylic acids is 1. The van der Waals surface area contributed by atoms with Crippen LogP contribution in [0.15, 0.2) is 0 Å². The predicted molar refractivity (Wildman–Crippen MR) is 80.1 cm³/mol. The molecule has 2 rings (SSSR count). The van der Waals surface area contributed by atoms with E-state index in [1.807, 2.05) is 0 Å². The maximum absolute atomic E-state index is 12.2. The van der Waals surface area contributed by atoms with E-state index in [0.717, 1.165) is 37.4 Å². The van der Waals surface area contributed by atoms with E-state index >= 15 is 0 Å².